The Kier molecular flexibility index (Phi) is 4.90. The zero-order valence-electron chi connectivity index (χ0n) is 10.7. The topological polar surface area (TPSA) is 132 Å². The molecule has 1 unspecified atom stereocenters. The van der Waals surface area contributed by atoms with Crippen molar-refractivity contribution in [1.82, 2.24) is 0 Å². The summed E-state index contributed by atoms with van der Waals surface area (Å²) in [6.07, 6.45) is 0.774. The second-order valence-electron chi connectivity index (χ2n) is 4.19. The number of sulfone groups is 2. The fraction of sp³-hybridized carbons (Fsp3) is 0.364. The van der Waals surface area contributed by atoms with Gasteiger partial charge in [0.15, 0.2) is 24.9 Å². The van der Waals surface area contributed by atoms with Crippen LogP contribution in [0.15, 0.2) is 34.1 Å². The van der Waals surface area contributed by atoms with Crippen molar-refractivity contribution in [2.75, 3.05) is 12.8 Å². The van der Waals surface area contributed by atoms with Crippen molar-refractivity contribution in [3.8, 4) is 0 Å². The van der Waals surface area contributed by atoms with Gasteiger partial charge in [-0.25, -0.2) is 16.8 Å². The summed E-state index contributed by atoms with van der Waals surface area (Å²) >= 11 is 0. The second-order valence-corrected chi connectivity index (χ2v) is 8.34. The maximum Gasteiger partial charge on any atom is 0.322 e. The first-order valence-corrected chi connectivity index (χ1v) is 9.01. The van der Waals surface area contributed by atoms with Gasteiger partial charge in [0.25, 0.3) is 0 Å². The molecular weight excluding hydrogens is 306 g/mol. The Morgan fingerprint density at radius 1 is 1.15 bits per heavy atom. The van der Waals surface area contributed by atoms with Crippen LogP contribution in [0.25, 0.3) is 0 Å². The van der Waals surface area contributed by atoms with Gasteiger partial charge in [0, 0.05) is 6.26 Å². The smallest absolute Gasteiger partial charge is 0.322 e. The fourth-order valence-corrected chi connectivity index (χ4v) is 3.79. The number of carboxylic acids is 1. The highest BCUT2D eigenvalue weighted by atomic mass is 32.2. The van der Waals surface area contributed by atoms with Crippen LogP contribution in [0.5, 0.6) is 0 Å². The standard InChI is InChI=1S/C11H15NO6S2/c1-19(15,16)8-2-4-9(5-3-8)20(17,18)10(6-7-12)11(13)14/h2-5,10H,6-7,12H2,1H3,(H,13,14). The van der Waals surface area contributed by atoms with Crippen molar-refractivity contribution < 1.29 is 26.7 Å². The molecule has 0 aliphatic rings. The lowest BCUT2D eigenvalue weighted by Crippen LogP contribution is -2.32. The maximum atomic E-state index is 12.1. The number of aliphatic carboxylic acids is 1. The monoisotopic (exact) mass is 321 g/mol. The summed E-state index contributed by atoms with van der Waals surface area (Å²) in [5.41, 5.74) is 5.22. The van der Waals surface area contributed by atoms with Gasteiger partial charge in [-0.3, -0.25) is 4.79 Å². The van der Waals surface area contributed by atoms with Gasteiger partial charge in [-0.2, -0.15) is 0 Å². The lowest BCUT2D eigenvalue weighted by atomic mass is 10.3. The van der Waals surface area contributed by atoms with E-state index in [4.69, 9.17) is 10.8 Å². The molecule has 1 aromatic rings. The van der Waals surface area contributed by atoms with Crippen molar-refractivity contribution in [2.45, 2.75) is 21.5 Å². The van der Waals surface area contributed by atoms with Crippen LogP contribution in [0.3, 0.4) is 0 Å². The van der Waals surface area contributed by atoms with Crippen molar-refractivity contribution >= 4 is 25.6 Å². The average Bonchev–Trinajstić information content (AvgIpc) is 2.34. The van der Waals surface area contributed by atoms with Crippen LogP contribution in [0.2, 0.25) is 0 Å². The van der Waals surface area contributed by atoms with E-state index in [-0.39, 0.29) is 22.8 Å². The van der Waals surface area contributed by atoms with Gasteiger partial charge < -0.3 is 10.8 Å². The van der Waals surface area contributed by atoms with Gasteiger partial charge in [0.1, 0.15) is 0 Å². The second kappa shape index (κ2) is 5.90. The molecule has 1 rings (SSSR count). The van der Waals surface area contributed by atoms with E-state index in [1.807, 2.05) is 0 Å². The first kappa shape index (κ1) is 16.6. The number of rotatable bonds is 6. The van der Waals surface area contributed by atoms with Gasteiger partial charge in [-0.15, -0.1) is 0 Å². The third-order valence-corrected chi connectivity index (χ3v) is 5.90. The molecule has 0 aromatic heterocycles. The molecule has 7 nitrogen and oxygen atoms in total. The SMILES string of the molecule is CS(=O)(=O)c1ccc(S(=O)(=O)C(CCN)C(=O)O)cc1. The molecule has 1 aromatic carbocycles. The number of hydrogen-bond donors (Lipinski definition) is 2. The van der Waals surface area contributed by atoms with Crippen LogP contribution in [-0.2, 0) is 24.5 Å². The molecule has 9 heteroatoms. The molecule has 20 heavy (non-hydrogen) atoms. The molecule has 0 fully saturated rings. The zero-order chi connectivity index (χ0) is 15.6. The fourth-order valence-electron chi connectivity index (χ4n) is 1.60. The number of benzene rings is 1. The van der Waals surface area contributed by atoms with Gasteiger partial charge in [-0.1, -0.05) is 0 Å². The molecule has 0 aliphatic heterocycles. The summed E-state index contributed by atoms with van der Waals surface area (Å²) in [6, 6.07) is 4.42. The van der Waals surface area contributed by atoms with Crippen molar-refractivity contribution in [3.63, 3.8) is 0 Å². The lowest BCUT2D eigenvalue weighted by molar-refractivity contribution is -0.136. The summed E-state index contributed by atoms with van der Waals surface area (Å²) in [7, 11) is -7.54. The normalized spacial score (nSPS) is 13.9. The molecule has 1 atom stereocenters. The Morgan fingerprint density at radius 2 is 1.60 bits per heavy atom. The third kappa shape index (κ3) is 3.56. The first-order chi connectivity index (χ1) is 9.10. The van der Waals surface area contributed by atoms with E-state index >= 15 is 0 Å². The zero-order valence-corrected chi connectivity index (χ0v) is 12.3. The van der Waals surface area contributed by atoms with E-state index in [0.717, 1.165) is 30.5 Å². The van der Waals surface area contributed by atoms with Crippen molar-refractivity contribution in [1.29, 1.82) is 0 Å². The van der Waals surface area contributed by atoms with E-state index in [1.54, 1.807) is 0 Å². The lowest BCUT2D eigenvalue weighted by Gasteiger charge is -2.12. The summed E-state index contributed by atoms with van der Waals surface area (Å²) in [5, 5.41) is 7.31. The molecule has 112 valence electrons. The van der Waals surface area contributed by atoms with Crippen LogP contribution in [-0.4, -0.2) is 46.0 Å². The highest BCUT2D eigenvalue weighted by molar-refractivity contribution is 7.92. The van der Waals surface area contributed by atoms with E-state index < -0.39 is 30.9 Å². The predicted molar refractivity (Wildman–Crippen MR) is 71.8 cm³/mol. The quantitative estimate of drug-likeness (QED) is 0.733. The highest BCUT2D eigenvalue weighted by Gasteiger charge is 2.33. The summed E-state index contributed by atoms with van der Waals surface area (Å²) in [5.74, 6) is -1.48. The molecule has 0 bridgehead atoms. The predicted octanol–water partition coefficient (Wildman–Crippen LogP) is -0.334. The van der Waals surface area contributed by atoms with Crippen LogP contribution >= 0.6 is 0 Å². The molecule has 0 saturated carbocycles. The Hall–Kier alpha value is -1.45. The molecular formula is C11H15NO6S2. The van der Waals surface area contributed by atoms with Crippen LogP contribution in [0.4, 0.5) is 0 Å². The molecule has 0 radical (unpaired) electrons. The van der Waals surface area contributed by atoms with E-state index in [2.05, 4.69) is 0 Å². The van der Waals surface area contributed by atoms with Crippen LogP contribution in [0.1, 0.15) is 6.42 Å². The Bertz CT molecular complexity index is 691. The van der Waals surface area contributed by atoms with Gasteiger partial charge in [0.2, 0.25) is 0 Å². The van der Waals surface area contributed by atoms with E-state index in [0.29, 0.717) is 0 Å². The summed E-state index contributed by atoms with van der Waals surface area (Å²) in [4.78, 5) is 10.7. The number of nitrogens with two attached hydrogens (primary N) is 1. The number of carbonyl (C=O) groups is 1. The largest absolute Gasteiger partial charge is 0.480 e. The highest BCUT2D eigenvalue weighted by Crippen LogP contribution is 2.20. The molecule has 0 saturated heterocycles. The maximum absolute atomic E-state index is 12.1. The first-order valence-electron chi connectivity index (χ1n) is 5.57. The number of carboxylic acid groups (broad SMARTS) is 1. The van der Waals surface area contributed by atoms with Gasteiger partial charge in [0.05, 0.1) is 9.79 Å². The van der Waals surface area contributed by atoms with Crippen molar-refractivity contribution in [2.24, 2.45) is 5.73 Å². The molecule has 0 spiro atoms. The minimum atomic E-state index is -4.10. The molecule has 3 N–H and O–H groups in total. The van der Waals surface area contributed by atoms with E-state index in [9.17, 15) is 21.6 Å². The third-order valence-electron chi connectivity index (χ3n) is 2.66. The Balaban J connectivity index is 3.25. The van der Waals surface area contributed by atoms with Gasteiger partial charge in [-0.05, 0) is 37.2 Å². The van der Waals surface area contributed by atoms with Crippen LogP contribution in [0, 0.1) is 0 Å². The minimum Gasteiger partial charge on any atom is -0.480 e. The number of hydrogen-bond acceptors (Lipinski definition) is 6. The Labute approximate surface area is 117 Å². The van der Waals surface area contributed by atoms with Gasteiger partial charge >= 0.3 is 5.97 Å². The molecule has 0 aliphatic carbocycles. The molecule has 0 amide bonds. The van der Waals surface area contributed by atoms with Crippen molar-refractivity contribution in [3.05, 3.63) is 24.3 Å². The Morgan fingerprint density at radius 3 is 1.95 bits per heavy atom. The van der Waals surface area contributed by atoms with Crippen LogP contribution < -0.4 is 5.73 Å². The summed E-state index contributed by atoms with van der Waals surface area (Å²) < 4.78 is 46.8. The minimum absolute atomic E-state index is 0.0397. The van der Waals surface area contributed by atoms with E-state index in [1.165, 1.54) is 0 Å². The summed E-state index contributed by atoms with van der Waals surface area (Å²) in [6.45, 7) is -0.0857. The molecule has 0 heterocycles. The average molecular weight is 321 g/mol.